The summed E-state index contributed by atoms with van der Waals surface area (Å²) >= 11 is 0. The van der Waals surface area contributed by atoms with Crippen LogP contribution in [0.3, 0.4) is 0 Å². The van der Waals surface area contributed by atoms with Crippen molar-refractivity contribution in [3.63, 3.8) is 0 Å². The van der Waals surface area contributed by atoms with Gasteiger partial charge in [-0.1, -0.05) is 23.4 Å². The lowest BCUT2D eigenvalue weighted by Gasteiger charge is -2.15. The molecular weight excluding hydrogens is 372 g/mol. The number of rotatable bonds is 5. The fourth-order valence-electron chi connectivity index (χ4n) is 3.62. The van der Waals surface area contributed by atoms with Crippen LogP contribution in [0, 0.1) is 0 Å². The Morgan fingerprint density at radius 1 is 1.14 bits per heavy atom. The van der Waals surface area contributed by atoms with E-state index in [2.05, 4.69) is 20.4 Å². The maximum atomic E-state index is 12.6. The number of nitrogens with one attached hydrogen (secondary N) is 1. The number of aromatic nitrogens is 2. The lowest BCUT2D eigenvalue weighted by Crippen LogP contribution is -2.37. The second-order valence-corrected chi connectivity index (χ2v) is 7.14. The third kappa shape index (κ3) is 3.79. The maximum absolute atomic E-state index is 12.6. The van der Waals surface area contributed by atoms with Crippen molar-refractivity contribution >= 4 is 5.91 Å². The second kappa shape index (κ2) is 7.56. The molecule has 5 rings (SSSR count). The lowest BCUT2D eigenvalue weighted by molar-refractivity contribution is 0.0937. The highest BCUT2D eigenvalue weighted by molar-refractivity contribution is 5.95. The molecule has 1 N–H and O–H groups in total. The Morgan fingerprint density at radius 2 is 2.00 bits per heavy atom. The van der Waals surface area contributed by atoms with Crippen LogP contribution in [0.2, 0.25) is 0 Å². The standard InChI is InChI=1S/C21H20N4O4/c26-20(15-6-7-17-18(10-15)28-13-27-17)22-16-8-9-25(11-16)12-19-23-21(29-24-19)14-4-2-1-3-5-14/h1-7,10,16H,8-9,11-13H2,(H,22,26)/t16-/m1/s1. The molecule has 1 saturated heterocycles. The summed E-state index contributed by atoms with van der Waals surface area (Å²) in [5, 5.41) is 7.17. The van der Waals surface area contributed by atoms with Crippen LogP contribution in [0.5, 0.6) is 11.5 Å². The van der Waals surface area contributed by atoms with Crippen LogP contribution in [-0.2, 0) is 6.54 Å². The quantitative estimate of drug-likeness (QED) is 0.713. The van der Waals surface area contributed by atoms with Gasteiger partial charge in [-0.15, -0.1) is 0 Å². The average molecular weight is 392 g/mol. The van der Waals surface area contributed by atoms with Crippen molar-refractivity contribution in [2.24, 2.45) is 0 Å². The summed E-state index contributed by atoms with van der Waals surface area (Å²) in [6.45, 7) is 2.39. The first-order valence-electron chi connectivity index (χ1n) is 9.55. The van der Waals surface area contributed by atoms with E-state index in [-0.39, 0.29) is 18.7 Å². The van der Waals surface area contributed by atoms with E-state index in [1.807, 2.05) is 30.3 Å². The summed E-state index contributed by atoms with van der Waals surface area (Å²) < 4.78 is 16.0. The molecule has 29 heavy (non-hydrogen) atoms. The van der Waals surface area contributed by atoms with E-state index in [0.29, 0.717) is 35.3 Å². The fourth-order valence-corrected chi connectivity index (χ4v) is 3.62. The zero-order chi connectivity index (χ0) is 19.6. The van der Waals surface area contributed by atoms with Gasteiger partial charge in [0.05, 0.1) is 6.54 Å². The van der Waals surface area contributed by atoms with Gasteiger partial charge < -0.3 is 19.3 Å². The number of carbonyl (C=O) groups is 1. The van der Waals surface area contributed by atoms with Gasteiger partial charge in [-0.05, 0) is 36.8 Å². The fraction of sp³-hybridized carbons (Fsp3) is 0.286. The highest BCUT2D eigenvalue weighted by Gasteiger charge is 2.26. The third-order valence-electron chi connectivity index (χ3n) is 5.10. The third-order valence-corrected chi connectivity index (χ3v) is 5.10. The van der Waals surface area contributed by atoms with E-state index in [1.54, 1.807) is 18.2 Å². The van der Waals surface area contributed by atoms with Gasteiger partial charge in [-0.3, -0.25) is 9.69 Å². The van der Waals surface area contributed by atoms with Gasteiger partial charge in [0, 0.05) is 30.3 Å². The minimum atomic E-state index is -0.110. The summed E-state index contributed by atoms with van der Waals surface area (Å²) in [7, 11) is 0. The Morgan fingerprint density at radius 3 is 2.90 bits per heavy atom. The highest BCUT2D eigenvalue weighted by atomic mass is 16.7. The highest BCUT2D eigenvalue weighted by Crippen LogP contribution is 2.32. The maximum Gasteiger partial charge on any atom is 0.257 e. The Hall–Kier alpha value is -3.39. The van der Waals surface area contributed by atoms with Crippen molar-refractivity contribution in [2.45, 2.75) is 19.0 Å². The van der Waals surface area contributed by atoms with Crippen molar-refractivity contribution < 1.29 is 18.8 Å². The SMILES string of the molecule is O=C(N[C@@H]1CCN(Cc2noc(-c3ccccc3)n2)C1)c1ccc2c(c1)OCO2. The number of likely N-dealkylation sites (tertiary alicyclic amines) is 1. The van der Waals surface area contributed by atoms with Gasteiger partial charge in [0.15, 0.2) is 17.3 Å². The van der Waals surface area contributed by atoms with Crippen molar-refractivity contribution in [3.8, 4) is 23.0 Å². The summed E-state index contributed by atoms with van der Waals surface area (Å²) in [5.41, 5.74) is 1.47. The topological polar surface area (TPSA) is 89.7 Å². The van der Waals surface area contributed by atoms with Gasteiger partial charge in [0.2, 0.25) is 6.79 Å². The molecule has 3 aromatic rings. The van der Waals surface area contributed by atoms with Crippen LogP contribution in [-0.4, -0.2) is 46.9 Å². The molecule has 8 nitrogen and oxygen atoms in total. The number of fused-ring (bicyclic) bond motifs is 1. The van der Waals surface area contributed by atoms with Gasteiger partial charge in [-0.2, -0.15) is 4.98 Å². The molecule has 0 unspecified atom stereocenters. The first-order valence-corrected chi connectivity index (χ1v) is 9.55. The van der Waals surface area contributed by atoms with Gasteiger partial charge >= 0.3 is 0 Å². The van der Waals surface area contributed by atoms with Crippen LogP contribution in [0.1, 0.15) is 22.6 Å². The lowest BCUT2D eigenvalue weighted by atomic mass is 10.1. The molecule has 1 fully saturated rings. The molecule has 1 atom stereocenters. The Labute approximate surface area is 167 Å². The smallest absolute Gasteiger partial charge is 0.257 e. The van der Waals surface area contributed by atoms with Crippen molar-refractivity contribution in [1.29, 1.82) is 0 Å². The average Bonchev–Trinajstić information content (AvgIpc) is 3.49. The van der Waals surface area contributed by atoms with E-state index in [1.165, 1.54) is 0 Å². The van der Waals surface area contributed by atoms with Crippen molar-refractivity contribution in [2.75, 3.05) is 19.9 Å². The molecule has 0 radical (unpaired) electrons. The van der Waals surface area contributed by atoms with Crippen LogP contribution in [0.4, 0.5) is 0 Å². The second-order valence-electron chi connectivity index (χ2n) is 7.14. The minimum Gasteiger partial charge on any atom is -0.454 e. The molecule has 0 spiro atoms. The molecule has 148 valence electrons. The molecule has 1 amide bonds. The summed E-state index contributed by atoms with van der Waals surface area (Å²) in [6, 6.07) is 15.0. The summed E-state index contributed by atoms with van der Waals surface area (Å²) in [4.78, 5) is 19.3. The first kappa shape index (κ1) is 17.7. The molecule has 2 aliphatic rings. The van der Waals surface area contributed by atoms with Crippen LogP contribution in [0.25, 0.3) is 11.5 Å². The van der Waals surface area contributed by atoms with Gasteiger partial charge in [-0.25, -0.2) is 0 Å². The summed E-state index contributed by atoms with van der Waals surface area (Å²) in [5.74, 6) is 2.33. The molecule has 2 aliphatic heterocycles. The van der Waals surface area contributed by atoms with E-state index in [4.69, 9.17) is 14.0 Å². The number of hydrogen-bond acceptors (Lipinski definition) is 7. The van der Waals surface area contributed by atoms with Crippen LogP contribution >= 0.6 is 0 Å². The Bertz CT molecular complexity index is 1020. The Balaban J connectivity index is 1.17. The normalized spacial score (nSPS) is 18.1. The molecular formula is C21H20N4O4. The minimum absolute atomic E-state index is 0.0772. The van der Waals surface area contributed by atoms with E-state index in [0.717, 1.165) is 25.1 Å². The molecule has 1 aromatic heterocycles. The molecule has 0 bridgehead atoms. The van der Waals surface area contributed by atoms with Crippen molar-refractivity contribution in [3.05, 3.63) is 59.9 Å². The molecule has 2 aromatic carbocycles. The monoisotopic (exact) mass is 392 g/mol. The van der Waals surface area contributed by atoms with E-state index >= 15 is 0 Å². The van der Waals surface area contributed by atoms with Gasteiger partial charge in [0.25, 0.3) is 11.8 Å². The van der Waals surface area contributed by atoms with Gasteiger partial charge in [0.1, 0.15) is 0 Å². The predicted molar refractivity (Wildman–Crippen MR) is 103 cm³/mol. The largest absolute Gasteiger partial charge is 0.454 e. The summed E-state index contributed by atoms with van der Waals surface area (Å²) in [6.07, 6.45) is 0.875. The van der Waals surface area contributed by atoms with E-state index in [9.17, 15) is 4.79 Å². The van der Waals surface area contributed by atoms with Crippen molar-refractivity contribution in [1.82, 2.24) is 20.4 Å². The van der Waals surface area contributed by atoms with Crippen LogP contribution in [0.15, 0.2) is 53.1 Å². The number of carbonyl (C=O) groups excluding carboxylic acids is 1. The molecule has 8 heteroatoms. The number of nitrogens with zero attached hydrogens (tertiary/aromatic N) is 3. The number of hydrogen-bond donors (Lipinski definition) is 1. The molecule has 3 heterocycles. The number of ether oxygens (including phenoxy) is 2. The molecule has 0 saturated carbocycles. The zero-order valence-electron chi connectivity index (χ0n) is 15.7. The molecule has 0 aliphatic carbocycles. The van der Waals surface area contributed by atoms with E-state index < -0.39 is 0 Å². The zero-order valence-corrected chi connectivity index (χ0v) is 15.7. The number of amides is 1. The predicted octanol–water partition coefficient (Wildman–Crippen LogP) is 2.47. The Kier molecular flexibility index (Phi) is 4.61. The number of benzene rings is 2. The first-order chi connectivity index (χ1) is 14.2. The van der Waals surface area contributed by atoms with Crippen LogP contribution < -0.4 is 14.8 Å².